The molecule has 3 aromatic carbocycles. The van der Waals surface area contributed by atoms with Gasteiger partial charge in [-0.1, -0.05) is 60.7 Å². The van der Waals surface area contributed by atoms with Gasteiger partial charge in [-0.15, -0.1) is 18.5 Å². The maximum absolute atomic E-state index is 3.79. The van der Waals surface area contributed by atoms with Crippen LogP contribution in [0.4, 0.5) is 0 Å². The Balaban J connectivity index is 1.43. The molecule has 4 saturated carbocycles. The topological polar surface area (TPSA) is 24.1 Å². The van der Waals surface area contributed by atoms with Gasteiger partial charge in [-0.3, -0.25) is 0 Å². The SMILES string of the molecule is PCC1(c2cc(-c3ccccc3)c(-c3ccccc3)cc2C(P)(C2CCNC2)C2CCNC2)C2CC3CC(C2)CC1C3. The Hall–Kier alpha value is -1.56. The van der Waals surface area contributed by atoms with Gasteiger partial charge in [-0.2, -0.15) is 0 Å². The predicted molar refractivity (Wildman–Crippen MR) is 184 cm³/mol. The predicted octanol–water partition coefficient (Wildman–Crippen LogP) is 7.88. The van der Waals surface area contributed by atoms with Crippen molar-refractivity contribution in [1.82, 2.24) is 10.6 Å². The van der Waals surface area contributed by atoms with E-state index in [2.05, 4.69) is 102 Å². The Morgan fingerprint density at radius 1 is 0.690 bits per heavy atom. The van der Waals surface area contributed by atoms with Gasteiger partial charge in [-0.05, 0) is 158 Å². The van der Waals surface area contributed by atoms with E-state index in [1.165, 1.54) is 73.4 Å². The Kier molecular flexibility index (Phi) is 7.39. The van der Waals surface area contributed by atoms with Crippen molar-refractivity contribution < 1.29 is 0 Å². The summed E-state index contributed by atoms with van der Waals surface area (Å²) >= 11 is 0. The molecule has 6 aliphatic rings. The van der Waals surface area contributed by atoms with E-state index < -0.39 is 0 Å². The van der Waals surface area contributed by atoms with Gasteiger partial charge in [0.2, 0.25) is 0 Å². The highest BCUT2D eigenvalue weighted by molar-refractivity contribution is 7.18. The standard InChI is InChI=1S/C38H48N2P2/c41-24-37(31-16-25-15-26(18-31)19-32(37)17-25)35-20-33(27-7-3-1-4-8-27)34(28-9-5-2-6-10-28)21-36(35)38(42,29-11-13-39-22-29)30-12-14-40-23-30/h1-10,20-21,25-26,29-32,39-40H,11-19,22-24,41-42H2. The second kappa shape index (κ2) is 11.1. The van der Waals surface area contributed by atoms with Crippen LogP contribution in [0.1, 0.15) is 56.1 Å². The van der Waals surface area contributed by atoms with E-state index in [4.69, 9.17) is 0 Å². The molecule has 42 heavy (non-hydrogen) atoms. The van der Waals surface area contributed by atoms with Gasteiger partial charge in [0.25, 0.3) is 0 Å². The number of hydrogen-bond acceptors (Lipinski definition) is 2. The van der Waals surface area contributed by atoms with E-state index in [0.29, 0.717) is 11.8 Å². The summed E-state index contributed by atoms with van der Waals surface area (Å²) in [4.78, 5) is 0. The van der Waals surface area contributed by atoms with Gasteiger partial charge in [0, 0.05) is 10.6 Å². The first kappa shape index (κ1) is 28.0. The summed E-state index contributed by atoms with van der Waals surface area (Å²) in [5.41, 5.74) is 9.18. The van der Waals surface area contributed by atoms with E-state index in [-0.39, 0.29) is 10.6 Å². The summed E-state index contributed by atoms with van der Waals surface area (Å²) in [5.74, 6) is 4.84. The highest BCUT2D eigenvalue weighted by atomic mass is 31.0. The van der Waals surface area contributed by atoms with Crippen LogP contribution in [-0.2, 0) is 10.6 Å². The average molecular weight is 595 g/mol. The first-order valence-electron chi connectivity index (χ1n) is 16.8. The molecule has 0 amide bonds. The normalized spacial score (nSPS) is 35.0. The first-order chi connectivity index (χ1) is 20.6. The highest BCUT2D eigenvalue weighted by Gasteiger charge is 2.59. The Morgan fingerprint density at radius 2 is 1.19 bits per heavy atom. The van der Waals surface area contributed by atoms with Crippen molar-refractivity contribution in [2.75, 3.05) is 32.3 Å². The summed E-state index contributed by atoms with van der Waals surface area (Å²) in [6, 6.07) is 28.0. The second-order valence-corrected chi connectivity index (χ2v) is 15.9. The fraction of sp³-hybridized carbons (Fsp3) is 0.526. The van der Waals surface area contributed by atoms with Crippen LogP contribution in [0.5, 0.6) is 0 Å². The molecule has 2 saturated heterocycles. The maximum Gasteiger partial charge on any atom is 0.0182 e. The monoisotopic (exact) mass is 594 g/mol. The van der Waals surface area contributed by atoms with Crippen molar-refractivity contribution in [3.05, 3.63) is 83.9 Å². The zero-order chi connectivity index (χ0) is 28.3. The van der Waals surface area contributed by atoms with Gasteiger partial charge in [0.05, 0.1) is 0 Å². The van der Waals surface area contributed by atoms with Gasteiger partial charge in [0.15, 0.2) is 0 Å². The maximum atomic E-state index is 3.79. The summed E-state index contributed by atoms with van der Waals surface area (Å²) in [6.45, 7) is 4.55. The lowest BCUT2D eigenvalue weighted by Crippen LogP contribution is -2.57. The summed E-state index contributed by atoms with van der Waals surface area (Å²) in [7, 11) is 6.92. The van der Waals surface area contributed by atoms with Crippen LogP contribution in [0.2, 0.25) is 0 Å². The Morgan fingerprint density at radius 3 is 1.64 bits per heavy atom. The van der Waals surface area contributed by atoms with Crippen molar-refractivity contribution in [3.8, 4) is 22.3 Å². The fourth-order valence-electron chi connectivity index (χ4n) is 10.9. The van der Waals surface area contributed by atoms with Gasteiger partial charge < -0.3 is 10.6 Å². The van der Waals surface area contributed by atoms with Gasteiger partial charge in [-0.25, -0.2) is 0 Å². The minimum absolute atomic E-state index is 0.0581. The smallest absolute Gasteiger partial charge is 0.0182 e. The largest absolute Gasteiger partial charge is 0.316 e. The minimum atomic E-state index is 0.0581. The zero-order valence-electron chi connectivity index (χ0n) is 25.0. The second-order valence-electron chi connectivity index (χ2n) is 14.5. The third kappa shape index (κ3) is 4.34. The molecule has 4 unspecified atom stereocenters. The Labute approximate surface area is 258 Å². The average Bonchev–Trinajstić information content (AvgIpc) is 3.78. The minimum Gasteiger partial charge on any atom is -0.316 e. The van der Waals surface area contributed by atoms with Crippen molar-refractivity contribution in [2.45, 2.75) is 55.5 Å². The van der Waals surface area contributed by atoms with E-state index in [1.807, 2.05) is 0 Å². The molecule has 3 aromatic rings. The van der Waals surface area contributed by atoms with E-state index >= 15 is 0 Å². The highest BCUT2D eigenvalue weighted by Crippen LogP contribution is 2.66. The van der Waals surface area contributed by atoms with Crippen LogP contribution in [0.3, 0.4) is 0 Å². The lowest BCUT2D eigenvalue weighted by Gasteiger charge is -2.62. The van der Waals surface area contributed by atoms with Crippen LogP contribution < -0.4 is 10.6 Å². The van der Waals surface area contributed by atoms with Gasteiger partial charge in [0.1, 0.15) is 0 Å². The zero-order valence-corrected chi connectivity index (χ0v) is 27.3. The molecule has 6 fully saturated rings. The van der Waals surface area contributed by atoms with Crippen LogP contribution in [0.25, 0.3) is 22.3 Å². The van der Waals surface area contributed by atoms with Crippen LogP contribution >= 0.6 is 18.5 Å². The van der Waals surface area contributed by atoms with E-state index in [9.17, 15) is 0 Å². The van der Waals surface area contributed by atoms with Crippen LogP contribution in [-0.4, -0.2) is 32.3 Å². The molecule has 2 heterocycles. The van der Waals surface area contributed by atoms with Crippen LogP contribution in [0.15, 0.2) is 72.8 Å². The molecule has 4 heteroatoms. The molecule has 0 spiro atoms. The van der Waals surface area contributed by atoms with Crippen molar-refractivity contribution in [2.24, 2.45) is 35.5 Å². The number of hydrogen-bond donors (Lipinski definition) is 2. The third-order valence-corrected chi connectivity index (χ3v) is 14.6. The number of nitrogens with one attached hydrogen (secondary N) is 2. The molecule has 4 bridgehead atoms. The fourth-order valence-corrected chi connectivity index (χ4v) is 12.6. The molecule has 4 aliphatic carbocycles. The number of benzene rings is 3. The molecule has 2 aliphatic heterocycles. The Bertz CT molecular complexity index is 1360. The molecular weight excluding hydrogens is 546 g/mol. The van der Waals surface area contributed by atoms with Gasteiger partial charge >= 0.3 is 0 Å². The van der Waals surface area contributed by atoms with Crippen LogP contribution in [0, 0.1) is 35.5 Å². The van der Waals surface area contributed by atoms with E-state index in [0.717, 1.165) is 49.9 Å². The quantitative estimate of drug-likeness (QED) is 0.272. The van der Waals surface area contributed by atoms with E-state index in [1.54, 1.807) is 11.1 Å². The summed E-state index contributed by atoms with van der Waals surface area (Å²) in [5, 5.41) is 7.64. The molecule has 4 atom stereocenters. The molecule has 0 radical (unpaired) electrons. The lowest BCUT2D eigenvalue weighted by molar-refractivity contribution is -0.0507. The summed E-state index contributed by atoms with van der Waals surface area (Å²) in [6.07, 6.45) is 11.0. The first-order valence-corrected chi connectivity index (χ1v) is 18.2. The van der Waals surface area contributed by atoms with Crippen molar-refractivity contribution in [1.29, 1.82) is 0 Å². The molecule has 220 valence electrons. The molecule has 9 rings (SSSR count). The molecule has 0 aromatic heterocycles. The summed E-state index contributed by atoms with van der Waals surface area (Å²) < 4.78 is 0. The molecule has 2 N–H and O–H groups in total. The lowest BCUT2D eigenvalue weighted by atomic mass is 9.43. The number of rotatable bonds is 7. The third-order valence-electron chi connectivity index (χ3n) is 12.7. The molecular formula is C38H48N2P2. The van der Waals surface area contributed by atoms with Crippen molar-refractivity contribution in [3.63, 3.8) is 0 Å². The van der Waals surface area contributed by atoms with Crippen molar-refractivity contribution >= 4 is 18.5 Å². The molecule has 2 nitrogen and oxygen atoms in total.